The molecule has 2 aromatic rings. The average molecular weight is 344 g/mol. The van der Waals surface area contributed by atoms with Crippen molar-refractivity contribution in [3.8, 4) is 0 Å². The van der Waals surface area contributed by atoms with E-state index in [4.69, 9.17) is 0 Å². The first-order chi connectivity index (χ1) is 11.5. The van der Waals surface area contributed by atoms with E-state index in [1.807, 2.05) is 6.92 Å². The van der Waals surface area contributed by atoms with Gasteiger partial charge in [0.15, 0.2) is 0 Å². The van der Waals surface area contributed by atoms with Gasteiger partial charge < -0.3 is 5.32 Å². The second kappa shape index (κ2) is 6.95. The zero-order valence-corrected chi connectivity index (χ0v) is 14.7. The molecule has 1 aliphatic rings. The van der Waals surface area contributed by atoms with E-state index in [9.17, 15) is 9.18 Å². The number of nitrogens with one attached hydrogen (secondary N) is 1. The second-order valence-electron chi connectivity index (χ2n) is 6.23. The van der Waals surface area contributed by atoms with Crippen molar-refractivity contribution in [2.75, 3.05) is 18.1 Å². The Morgan fingerprint density at radius 1 is 1.25 bits per heavy atom. The third-order valence-electron chi connectivity index (χ3n) is 4.71. The average Bonchev–Trinajstić information content (AvgIpc) is 2.60. The van der Waals surface area contributed by atoms with E-state index in [1.165, 1.54) is 16.5 Å². The summed E-state index contributed by atoms with van der Waals surface area (Å²) in [6.45, 7) is 3.50. The van der Waals surface area contributed by atoms with Crippen molar-refractivity contribution in [1.82, 2.24) is 4.90 Å². The van der Waals surface area contributed by atoms with Gasteiger partial charge in [0.05, 0.1) is 11.2 Å². The predicted octanol–water partition coefficient (Wildman–Crippen LogP) is 4.15. The van der Waals surface area contributed by atoms with Crippen molar-refractivity contribution in [2.24, 2.45) is 0 Å². The number of benzene rings is 2. The fourth-order valence-corrected chi connectivity index (χ4v) is 3.30. The van der Waals surface area contributed by atoms with E-state index in [-0.39, 0.29) is 11.6 Å². The normalized spacial score (nSPS) is 20.5. The predicted molar refractivity (Wildman–Crippen MR) is 96.7 cm³/mol. The number of rotatable bonds is 5. The van der Waals surface area contributed by atoms with E-state index in [0.717, 1.165) is 19.5 Å². The van der Waals surface area contributed by atoms with Gasteiger partial charge in [-0.3, -0.25) is 9.69 Å². The molecule has 0 bridgehead atoms. The molecule has 1 amide bonds. The molecule has 5 heteroatoms. The molecular weight excluding hydrogens is 323 g/mol. The highest BCUT2D eigenvalue weighted by Gasteiger charge is 2.46. The maximum atomic E-state index is 13.7. The van der Waals surface area contributed by atoms with E-state index in [1.54, 1.807) is 30.0 Å². The standard InChI is InChI=1S/C19H21FN2OS/c1-19(18(23)21-17-6-4-3-5-16(17)20)11-12-22(19)13-14-7-9-15(24-2)10-8-14/h3-10H,11-13H2,1-2H3,(H,21,23). The van der Waals surface area contributed by atoms with Gasteiger partial charge in [-0.2, -0.15) is 0 Å². The van der Waals surface area contributed by atoms with Crippen LogP contribution in [-0.4, -0.2) is 29.1 Å². The molecule has 24 heavy (non-hydrogen) atoms. The Morgan fingerprint density at radius 3 is 2.54 bits per heavy atom. The highest BCUT2D eigenvalue weighted by molar-refractivity contribution is 7.98. The maximum Gasteiger partial charge on any atom is 0.244 e. The lowest BCUT2D eigenvalue weighted by atomic mass is 9.85. The van der Waals surface area contributed by atoms with Gasteiger partial charge in [0.1, 0.15) is 5.82 Å². The van der Waals surface area contributed by atoms with Crippen LogP contribution in [0.25, 0.3) is 0 Å². The number of anilines is 1. The third kappa shape index (κ3) is 3.32. The molecule has 1 saturated heterocycles. The Kier molecular flexibility index (Phi) is 4.92. The van der Waals surface area contributed by atoms with Gasteiger partial charge in [-0.15, -0.1) is 11.8 Å². The van der Waals surface area contributed by atoms with Gasteiger partial charge in [0, 0.05) is 18.0 Å². The topological polar surface area (TPSA) is 32.3 Å². The van der Waals surface area contributed by atoms with Crippen LogP contribution in [0.1, 0.15) is 18.9 Å². The van der Waals surface area contributed by atoms with E-state index >= 15 is 0 Å². The van der Waals surface area contributed by atoms with Crippen molar-refractivity contribution in [1.29, 1.82) is 0 Å². The van der Waals surface area contributed by atoms with Crippen LogP contribution in [0, 0.1) is 5.82 Å². The minimum absolute atomic E-state index is 0.153. The summed E-state index contributed by atoms with van der Waals surface area (Å²) in [4.78, 5) is 16.0. The monoisotopic (exact) mass is 344 g/mol. The number of nitrogens with zero attached hydrogens (tertiary/aromatic N) is 1. The van der Waals surface area contributed by atoms with Crippen LogP contribution in [0.15, 0.2) is 53.4 Å². The molecule has 3 nitrogen and oxygen atoms in total. The lowest BCUT2D eigenvalue weighted by Crippen LogP contribution is -2.63. The molecule has 2 aromatic carbocycles. The quantitative estimate of drug-likeness (QED) is 0.827. The van der Waals surface area contributed by atoms with Crippen LogP contribution in [0.2, 0.25) is 0 Å². The summed E-state index contributed by atoms with van der Waals surface area (Å²) in [6.07, 6.45) is 2.82. The van der Waals surface area contributed by atoms with Crippen molar-refractivity contribution in [2.45, 2.75) is 30.3 Å². The maximum absolute atomic E-state index is 13.7. The Balaban J connectivity index is 1.68. The van der Waals surface area contributed by atoms with Crippen LogP contribution < -0.4 is 5.32 Å². The fourth-order valence-electron chi connectivity index (χ4n) is 2.89. The molecule has 1 heterocycles. The molecule has 126 valence electrons. The molecule has 0 saturated carbocycles. The van der Waals surface area contributed by atoms with Crippen molar-refractivity contribution >= 4 is 23.4 Å². The lowest BCUT2D eigenvalue weighted by molar-refractivity contribution is -0.136. The van der Waals surface area contributed by atoms with Crippen LogP contribution in [0.4, 0.5) is 10.1 Å². The van der Waals surface area contributed by atoms with Gasteiger partial charge >= 0.3 is 0 Å². The molecule has 1 fully saturated rings. The minimum Gasteiger partial charge on any atom is -0.322 e. The third-order valence-corrected chi connectivity index (χ3v) is 5.45. The molecule has 0 spiro atoms. The number of hydrogen-bond donors (Lipinski definition) is 1. The molecular formula is C19H21FN2OS. The SMILES string of the molecule is CSc1ccc(CN2CCC2(C)C(=O)Nc2ccccc2F)cc1. The summed E-state index contributed by atoms with van der Waals surface area (Å²) in [7, 11) is 0. The zero-order chi connectivity index (χ0) is 17.2. The van der Waals surface area contributed by atoms with Gasteiger partial charge in [0.25, 0.3) is 0 Å². The van der Waals surface area contributed by atoms with Gasteiger partial charge in [-0.25, -0.2) is 4.39 Å². The fraction of sp³-hybridized carbons (Fsp3) is 0.316. The summed E-state index contributed by atoms with van der Waals surface area (Å²) in [6, 6.07) is 14.6. The minimum atomic E-state index is -0.597. The summed E-state index contributed by atoms with van der Waals surface area (Å²) >= 11 is 1.71. The van der Waals surface area contributed by atoms with Crippen LogP contribution >= 0.6 is 11.8 Å². The van der Waals surface area contributed by atoms with E-state index in [0.29, 0.717) is 0 Å². The van der Waals surface area contributed by atoms with E-state index < -0.39 is 11.4 Å². The van der Waals surface area contributed by atoms with Gasteiger partial charge in [0.2, 0.25) is 5.91 Å². The first-order valence-electron chi connectivity index (χ1n) is 7.97. The summed E-state index contributed by atoms with van der Waals surface area (Å²) in [5.41, 5.74) is 0.817. The number of carbonyl (C=O) groups is 1. The molecule has 1 N–H and O–H groups in total. The Bertz CT molecular complexity index is 734. The summed E-state index contributed by atoms with van der Waals surface area (Å²) < 4.78 is 13.7. The van der Waals surface area contributed by atoms with Crippen LogP contribution in [0.3, 0.4) is 0 Å². The summed E-state index contributed by atoms with van der Waals surface area (Å²) in [5, 5.41) is 2.73. The Hall–Kier alpha value is -1.85. The molecule has 1 aliphatic heterocycles. The van der Waals surface area contributed by atoms with Crippen molar-refractivity contribution in [3.63, 3.8) is 0 Å². The zero-order valence-electron chi connectivity index (χ0n) is 13.9. The van der Waals surface area contributed by atoms with Crippen molar-refractivity contribution in [3.05, 3.63) is 59.9 Å². The van der Waals surface area contributed by atoms with Crippen LogP contribution in [-0.2, 0) is 11.3 Å². The molecule has 3 rings (SSSR count). The van der Waals surface area contributed by atoms with E-state index in [2.05, 4.69) is 40.7 Å². The smallest absolute Gasteiger partial charge is 0.244 e. The number of thioether (sulfide) groups is 1. The Labute approximate surface area is 146 Å². The molecule has 0 aromatic heterocycles. The highest BCUT2D eigenvalue weighted by Crippen LogP contribution is 2.33. The van der Waals surface area contributed by atoms with Gasteiger partial charge in [-0.05, 0) is 49.4 Å². The molecule has 0 aliphatic carbocycles. The molecule has 1 unspecified atom stereocenters. The summed E-state index contributed by atoms with van der Waals surface area (Å²) in [5.74, 6) is -0.562. The number of carbonyl (C=O) groups excluding carboxylic acids is 1. The first kappa shape index (κ1) is 17.0. The first-order valence-corrected chi connectivity index (χ1v) is 9.19. The largest absolute Gasteiger partial charge is 0.322 e. The lowest BCUT2D eigenvalue weighted by Gasteiger charge is -2.49. The second-order valence-corrected chi connectivity index (χ2v) is 7.11. The number of hydrogen-bond acceptors (Lipinski definition) is 3. The number of para-hydroxylation sites is 1. The van der Waals surface area contributed by atoms with Gasteiger partial charge in [-0.1, -0.05) is 24.3 Å². The van der Waals surface area contributed by atoms with Crippen molar-refractivity contribution < 1.29 is 9.18 Å². The van der Waals surface area contributed by atoms with Crippen LogP contribution in [0.5, 0.6) is 0 Å². The molecule has 0 radical (unpaired) electrons. The highest BCUT2D eigenvalue weighted by atomic mass is 32.2. The number of halogens is 1. The molecule has 1 atom stereocenters. The Morgan fingerprint density at radius 2 is 1.96 bits per heavy atom. The number of likely N-dealkylation sites (tertiary alicyclic amines) is 1. The number of amides is 1.